The number of likely N-dealkylation sites (N-methyl/N-ethyl adjacent to an activating group) is 1. The number of fused-ring (bicyclic) bond motifs is 1. The van der Waals surface area contributed by atoms with Crippen LogP contribution in [0.2, 0.25) is 0 Å². The second-order valence-corrected chi connectivity index (χ2v) is 5.64. The van der Waals surface area contributed by atoms with Crippen LogP contribution in [0.4, 0.5) is 5.69 Å². The second-order valence-electron chi connectivity index (χ2n) is 4.84. The van der Waals surface area contributed by atoms with Crippen molar-refractivity contribution in [3.05, 3.63) is 33.9 Å². The molecule has 1 aliphatic rings. The number of hydrogen-bond donors (Lipinski definition) is 0. The quantitative estimate of drug-likeness (QED) is 0.810. The Morgan fingerprint density at radius 1 is 1.32 bits per heavy atom. The van der Waals surface area contributed by atoms with E-state index in [0.29, 0.717) is 6.42 Å². The Hall–Kier alpha value is -1.62. The highest BCUT2D eigenvalue weighted by Crippen LogP contribution is 2.35. The van der Waals surface area contributed by atoms with Crippen molar-refractivity contribution >= 4 is 27.5 Å². The Balaban J connectivity index is 2.14. The normalized spacial score (nSPS) is 14.1. The molecule has 98 valence electrons. The van der Waals surface area contributed by atoms with Crippen LogP contribution in [0, 0.1) is 6.92 Å². The SMILES string of the molecule is Cc1nn(C)c(-c2ccc3c(c2)CC(=O)N3C)c1Br. The maximum absolute atomic E-state index is 11.7. The fourth-order valence-corrected chi connectivity index (χ4v) is 3.13. The number of benzene rings is 1. The summed E-state index contributed by atoms with van der Waals surface area (Å²) in [7, 11) is 3.75. The lowest BCUT2D eigenvalue weighted by Crippen LogP contribution is -2.20. The molecule has 19 heavy (non-hydrogen) atoms. The van der Waals surface area contributed by atoms with Crippen LogP contribution in [0.25, 0.3) is 11.3 Å². The molecule has 1 amide bonds. The molecule has 0 fully saturated rings. The molecule has 2 heterocycles. The van der Waals surface area contributed by atoms with Crippen molar-refractivity contribution in [3.8, 4) is 11.3 Å². The van der Waals surface area contributed by atoms with E-state index in [1.165, 1.54) is 0 Å². The predicted octanol–water partition coefficient (Wildman–Crippen LogP) is 2.68. The van der Waals surface area contributed by atoms with Gasteiger partial charge in [-0.05, 0) is 40.5 Å². The van der Waals surface area contributed by atoms with E-state index >= 15 is 0 Å². The lowest BCUT2D eigenvalue weighted by atomic mass is 10.1. The largest absolute Gasteiger partial charge is 0.315 e. The van der Waals surface area contributed by atoms with E-state index in [2.05, 4.69) is 27.1 Å². The van der Waals surface area contributed by atoms with E-state index in [-0.39, 0.29) is 5.91 Å². The van der Waals surface area contributed by atoms with Crippen molar-refractivity contribution < 1.29 is 4.79 Å². The number of aromatic nitrogens is 2. The van der Waals surface area contributed by atoms with Gasteiger partial charge in [0.25, 0.3) is 0 Å². The summed E-state index contributed by atoms with van der Waals surface area (Å²) in [4.78, 5) is 13.4. The summed E-state index contributed by atoms with van der Waals surface area (Å²) in [5.74, 6) is 0.146. The van der Waals surface area contributed by atoms with Crippen molar-refractivity contribution in [2.45, 2.75) is 13.3 Å². The van der Waals surface area contributed by atoms with E-state index in [0.717, 1.165) is 32.7 Å². The molecule has 5 heteroatoms. The average molecular weight is 320 g/mol. The molecule has 1 aliphatic heterocycles. The van der Waals surface area contributed by atoms with Crippen molar-refractivity contribution in [2.75, 3.05) is 11.9 Å². The van der Waals surface area contributed by atoms with Gasteiger partial charge in [-0.15, -0.1) is 0 Å². The Kier molecular flexibility index (Phi) is 2.74. The molecular weight excluding hydrogens is 306 g/mol. The summed E-state index contributed by atoms with van der Waals surface area (Å²) >= 11 is 3.58. The second kappa shape index (κ2) is 4.20. The first kappa shape index (κ1) is 12.4. The van der Waals surface area contributed by atoms with E-state index in [1.807, 2.05) is 37.8 Å². The van der Waals surface area contributed by atoms with Crippen LogP contribution in [0.1, 0.15) is 11.3 Å². The van der Waals surface area contributed by atoms with Crippen molar-refractivity contribution in [1.29, 1.82) is 0 Å². The zero-order valence-electron chi connectivity index (χ0n) is 11.1. The lowest BCUT2D eigenvalue weighted by molar-refractivity contribution is -0.117. The minimum atomic E-state index is 0.146. The first-order valence-corrected chi connectivity index (χ1v) is 6.87. The minimum Gasteiger partial charge on any atom is -0.315 e. The molecule has 0 saturated heterocycles. The molecule has 0 aliphatic carbocycles. The molecule has 2 aromatic rings. The van der Waals surface area contributed by atoms with Crippen LogP contribution in [0.3, 0.4) is 0 Å². The van der Waals surface area contributed by atoms with Gasteiger partial charge in [-0.25, -0.2) is 0 Å². The Morgan fingerprint density at radius 2 is 2.05 bits per heavy atom. The number of carbonyl (C=O) groups is 1. The van der Waals surface area contributed by atoms with Crippen LogP contribution < -0.4 is 4.90 Å². The maximum Gasteiger partial charge on any atom is 0.231 e. The minimum absolute atomic E-state index is 0.146. The molecule has 0 saturated carbocycles. The van der Waals surface area contributed by atoms with Gasteiger partial charge >= 0.3 is 0 Å². The summed E-state index contributed by atoms with van der Waals surface area (Å²) in [5, 5.41) is 4.40. The molecule has 4 nitrogen and oxygen atoms in total. The average Bonchev–Trinajstić information content (AvgIpc) is 2.78. The topological polar surface area (TPSA) is 38.1 Å². The zero-order chi connectivity index (χ0) is 13.7. The summed E-state index contributed by atoms with van der Waals surface area (Å²) in [6.07, 6.45) is 0.480. The first-order valence-electron chi connectivity index (χ1n) is 6.08. The third kappa shape index (κ3) is 1.80. The number of carbonyl (C=O) groups excluding carboxylic acids is 1. The summed E-state index contributed by atoms with van der Waals surface area (Å²) < 4.78 is 2.87. The molecule has 1 aromatic heterocycles. The number of aryl methyl sites for hydroxylation is 2. The molecule has 0 bridgehead atoms. The predicted molar refractivity (Wildman–Crippen MR) is 78.2 cm³/mol. The molecular formula is C14H14BrN3O. The van der Waals surface area contributed by atoms with Gasteiger partial charge in [0.15, 0.2) is 0 Å². The monoisotopic (exact) mass is 319 g/mol. The molecule has 3 rings (SSSR count). The first-order chi connectivity index (χ1) is 8.99. The molecule has 0 N–H and O–H groups in total. The van der Waals surface area contributed by atoms with Gasteiger partial charge in [-0.1, -0.05) is 6.07 Å². The van der Waals surface area contributed by atoms with Gasteiger partial charge in [0, 0.05) is 25.3 Å². The van der Waals surface area contributed by atoms with Gasteiger partial charge in [0.1, 0.15) is 0 Å². The molecule has 0 radical (unpaired) electrons. The van der Waals surface area contributed by atoms with E-state index < -0.39 is 0 Å². The van der Waals surface area contributed by atoms with Crippen molar-refractivity contribution in [3.63, 3.8) is 0 Å². The maximum atomic E-state index is 11.7. The number of anilines is 1. The molecule has 0 unspecified atom stereocenters. The smallest absolute Gasteiger partial charge is 0.231 e. The standard InChI is InChI=1S/C14H14BrN3O/c1-8-13(15)14(18(3)16-8)9-4-5-11-10(6-9)7-12(19)17(11)2/h4-6H,7H2,1-3H3. The Morgan fingerprint density at radius 3 is 2.68 bits per heavy atom. The third-order valence-electron chi connectivity index (χ3n) is 3.58. The van der Waals surface area contributed by atoms with Gasteiger partial charge < -0.3 is 4.90 Å². The number of amides is 1. The number of rotatable bonds is 1. The van der Waals surface area contributed by atoms with Crippen LogP contribution in [0.5, 0.6) is 0 Å². The van der Waals surface area contributed by atoms with Crippen LogP contribution >= 0.6 is 15.9 Å². The van der Waals surface area contributed by atoms with Crippen LogP contribution in [0.15, 0.2) is 22.7 Å². The van der Waals surface area contributed by atoms with Gasteiger partial charge in [0.2, 0.25) is 5.91 Å². The summed E-state index contributed by atoms with van der Waals surface area (Å²) in [6, 6.07) is 6.12. The van der Waals surface area contributed by atoms with Gasteiger partial charge in [-0.3, -0.25) is 9.48 Å². The fourth-order valence-electron chi connectivity index (χ4n) is 2.56. The van der Waals surface area contributed by atoms with Gasteiger partial charge in [-0.2, -0.15) is 5.10 Å². The van der Waals surface area contributed by atoms with Gasteiger partial charge in [0.05, 0.1) is 22.3 Å². The van der Waals surface area contributed by atoms with E-state index in [1.54, 1.807) is 4.90 Å². The molecule has 0 atom stereocenters. The summed E-state index contributed by atoms with van der Waals surface area (Å²) in [6.45, 7) is 1.97. The number of hydrogen-bond acceptors (Lipinski definition) is 2. The number of halogens is 1. The zero-order valence-corrected chi connectivity index (χ0v) is 12.7. The van der Waals surface area contributed by atoms with Crippen molar-refractivity contribution in [2.24, 2.45) is 7.05 Å². The fraction of sp³-hybridized carbons (Fsp3) is 0.286. The van der Waals surface area contributed by atoms with Crippen molar-refractivity contribution in [1.82, 2.24) is 9.78 Å². The highest BCUT2D eigenvalue weighted by atomic mass is 79.9. The van der Waals surface area contributed by atoms with Crippen LogP contribution in [-0.4, -0.2) is 22.7 Å². The third-order valence-corrected chi connectivity index (χ3v) is 4.53. The number of nitrogens with zero attached hydrogens (tertiary/aromatic N) is 3. The van der Waals surface area contributed by atoms with E-state index in [9.17, 15) is 4.79 Å². The Bertz CT molecular complexity index is 690. The highest BCUT2D eigenvalue weighted by Gasteiger charge is 2.25. The summed E-state index contributed by atoms with van der Waals surface area (Å²) in [5.41, 5.74) is 5.17. The lowest BCUT2D eigenvalue weighted by Gasteiger charge is -2.11. The molecule has 1 aromatic carbocycles. The molecule has 0 spiro atoms. The van der Waals surface area contributed by atoms with E-state index in [4.69, 9.17) is 0 Å². The van der Waals surface area contributed by atoms with Crippen LogP contribution in [-0.2, 0) is 18.3 Å². The Labute approximate surface area is 120 Å². The highest BCUT2D eigenvalue weighted by molar-refractivity contribution is 9.10.